The molecule has 0 saturated carbocycles. The van der Waals surface area contributed by atoms with E-state index in [1.165, 1.54) is 0 Å². The zero-order chi connectivity index (χ0) is 18.4. The van der Waals surface area contributed by atoms with Crippen LogP contribution in [0.25, 0.3) is 0 Å². The van der Waals surface area contributed by atoms with E-state index in [2.05, 4.69) is 30.7 Å². The maximum atomic E-state index is 11.9. The van der Waals surface area contributed by atoms with E-state index in [9.17, 15) is 4.79 Å². The average molecular weight is 352 g/mol. The Labute approximate surface area is 148 Å². The number of rotatable bonds is 4. The molecule has 0 spiro atoms. The summed E-state index contributed by atoms with van der Waals surface area (Å²) in [5.41, 5.74) is -0.499. The van der Waals surface area contributed by atoms with Crippen LogP contribution in [0.1, 0.15) is 45.8 Å². The second-order valence-corrected chi connectivity index (χ2v) is 6.98. The van der Waals surface area contributed by atoms with Crippen molar-refractivity contribution in [2.45, 2.75) is 59.2 Å². The van der Waals surface area contributed by atoms with Gasteiger partial charge in [0.25, 0.3) is 0 Å². The lowest BCUT2D eigenvalue weighted by atomic mass is 10.2. The van der Waals surface area contributed by atoms with Crippen LogP contribution in [0.2, 0.25) is 0 Å². The summed E-state index contributed by atoms with van der Waals surface area (Å²) in [6.07, 6.45) is 0.453. The highest BCUT2D eigenvalue weighted by atomic mass is 16.6. The Bertz CT molecular complexity index is 607. The van der Waals surface area contributed by atoms with E-state index >= 15 is 0 Å². The molecule has 140 valence electrons. The summed E-state index contributed by atoms with van der Waals surface area (Å²) < 4.78 is 10.3. The van der Waals surface area contributed by atoms with E-state index in [0.29, 0.717) is 24.8 Å². The Balaban J connectivity index is 1.90. The molecular formula is C16H28N6O3. The summed E-state index contributed by atoms with van der Waals surface area (Å²) in [5.74, 6) is 1.85. The van der Waals surface area contributed by atoms with Crippen molar-refractivity contribution >= 4 is 12.1 Å². The number of aliphatic imine (C=N–C) groups is 1. The number of nitrogens with one attached hydrogen (secondary N) is 2. The van der Waals surface area contributed by atoms with E-state index in [4.69, 9.17) is 9.26 Å². The van der Waals surface area contributed by atoms with Crippen LogP contribution in [0, 0.1) is 6.92 Å². The summed E-state index contributed by atoms with van der Waals surface area (Å²) in [4.78, 5) is 22.7. The summed E-state index contributed by atoms with van der Waals surface area (Å²) in [5, 5.41) is 10.0. The lowest BCUT2D eigenvalue weighted by Crippen LogP contribution is -2.44. The topological polar surface area (TPSA) is 105 Å². The second kappa shape index (κ2) is 8.17. The molecule has 2 rings (SSSR count). The van der Waals surface area contributed by atoms with Crippen molar-refractivity contribution in [3.05, 3.63) is 11.7 Å². The number of carbonyl (C=O) groups is 1. The van der Waals surface area contributed by atoms with Gasteiger partial charge in [0, 0.05) is 26.6 Å². The molecule has 1 atom stereocenters. The molecule has 2 N–H and O–H groups in total. The summed E-state index contributed by atoms with van der Waals surface area (Å²) in [6.45, 7) is 11.9. The van der Waals surface area contributed by atoms with Crippen molar-refractivity contribution in [2.75, 3.05) is 19.6 Å². The van der Waals surface area contributed by atoms with E-state index in [-0.39, 0.29) is 12.1 Å². The van der Waals surface area contributed by atoms with Crippen molar-refractivity contribution < 1.29 is 14.1 Å². The molecule has 0 aliphatic carbocycles. The number of amides is 1. The highest BCUT2D eigenvalue weighted by Gasteiger charge is 2.27. The smallest absolute Gasteiger partial charge is 0.407 e. The highest BCUT2D eigenvalue weighted by Crippen LogP contribution is 2.12. The third-order valence-corrected chi connectivity index (χ3v) is 3.48. The monoisotopic (exact) mass is 352 g/mol. The van der Waals surface area contributed by atoms with Crippen LogP contribution >= 0.6 is 0 Å². The van der Waals surface area contributed by atoms with Crippen molar-refractivity contribution in [1.82, 2.24) is 25.7 Å². The lowest BCUT2D eigenvalue weighted by Gasteiger charge is -2.23. The summed E-state index contributed by atoms with van der Waals surface area (Å²) in [7, 11) is 0. The predicted molar refractivity (Wildman–Crippen MR) is 93.2 cm³/mol. The number of aromatic nitrogens is 2. The molecule has 25 heavy (non-hydrogen) atoms. The van der Waals surface area contributed by atoms with E-state index in [1.54, 1.807) is 6.92 Å². The molecule has 1 aromatic rings. The number of ether oxygens (including phenoxy) is 1. The molecule has 9 heteroatoms. The number of hydrogen-bond acceptors (Lipinski definition) is 6. The van der Waals surface area contributed by atoms with Crippen LogP contribution in [-0.4, -0.2) is 58.4 Å². The number of nitrogens with zero attached hydrogens (tertiary/aromatic N) is 4. The molecule has 9 nitrogen and oxygen atoms in total. The Morgan fingerprint density at radius 3 is 2.84 bits per heavy atom. The maximum Gasteiger partial charge on any atom is 0.407 e. The molecule has 1 unspecified atom stereocenters. The van der Waals surface area contributed by atoms with Crippen LogP contribution in [0.3, 0.4) is 0 Å². The molecule has 1 aliphatic heterocycles. The quantitative estimate of drug-likeness (QED) is 0.624. The molecule has 0 bridgehead atoms. The van der Waals surface area contributed by atoms with Crippen LogP contribution < -0.4 is 10.6 Å². The molecule has 0 radical (unpaired) electrons. The van der Waals surface area contributed by atoms with Gasteiger partial charge in [0.1, 0.15) is 12.1 Å². The standard InChI is InChI=1S/C16H28N6O3/c1-6-17-14(18-9-13-19-11(2)25-21-13)22-8-7-12(10-22)20-15(23)24-16(3,4)5/h12H,6-10H2,1-5H3,(H,17,18)(H,20,23). The van der Waals surface area contributed by atoms with Crippen LogP contribution in [0.5, 0.6) is 0 Å². The molecule has 1 amide bonds. The zero-order valence-corrected chi connectivity index (χ0v) is 15.6. The van der Waals surface area contributed by atoms with E-state index in [0.717, 1.165) is 25.5 Å². The maximum absolute atomic E-state index is 11.9. The molecule has 2 heterocycles. The number of carbonyl (C=O) groups excluding carboxylic acids is 1. The molecule has 0 aromatic carbocycles. The Morgan fingerprint density at radius 2 is 2.24 bits per heavy atom. The van der Waals surface area contributed by atoms with E-state index in [1.807, 2.05) is 27.7 Å². The number of alkyl carbamates (subject to hydrolysis) is 1. The fourth-order valence-corrected chi connectivity index (χ4v) is 2.52. The molecule has 1 aliphatic rings. The Hall–Kier alpha value is -2.32. The SMILES string of the molecule is CCNC(=NCc1noc(C)n1)N1CCC(NC(=O)OC(C)(C)C)C1. The van der Waals surface area contributed by atoms with Crippen molar-refractivity contribution in [3.8, 4) is 0 Å². The lowest BCUT2D eigenvalue weighted by molar-refractivity contribution is 0.0507. The van der Waals surface area contributed by atoms with Gasteiger partial charge in [-0.25, -0.2) is 9.79 Å². The predicted octanol–water partition coefficient (Wildman–Crippen LogP) is 1.44. The van der Waals surface area contributed by atoms with Crippen molar-refractivity contribution in [1.29, 1.82) is 0 Å². The highest BCUT2D eigenvalue weighted by molar-refractivity contribution is 5.80. The number of likely N-dealkylation sites (tertiary alicyclic amines) is 1. The minimum atomic E-state index is -0.499. The van der Waals surface area contributed by atoms with Crippen molar-refractivity contribution in [3.63, 3.8) is 0 Å². The molecule has 1 aromatic heterocycles. The van der Waals surface area contributed by atoms with Gasteiger partial charge in [-0.1, -0.05) is 5.16 Å². The first kappa shape index (κ1) is 19.0. The first-order valence-electron chi connectivity index (χ1n) is 8.59. The van der Waals surface area contributed by atoms with Gasteiger partial charge in [0.05, 0.1) is 6.04 Å². The summed E-state index contributed by atoms with van der Waals surface area (Å²) in [6, 6.07) is 0.0334. The Kier molecular flexibility index (Phi) is 6.22. The second-order valence-electron chi connectivity index (χ2n) is 6.98. The number of aryl methyl sites for hydroxylation is 1. The van der Waals surface area contributed by atoms with Gasteiger partial charge in [0.2, 0.25) is 5.89 Å². The largest absolute Gasteiger partial charge is 0.444 e. The molecule has 1 fully saturated rings. The van der Waals surface area contributed by atoms with Crippen molar-refractivity contribution in [2.24, 2.45) is 4.99 Å². The first-order chi connectivity index (χ1) is 11.8. The minimum Gasteiger partial charge on any atom is -0.444 e. The van der Waals surface area contributed by atoms with Gasteiger partial charge >= 0.3 is 6.09 Å². The van der Waals surface area contributed by atoms with Gasteiger partial charge in [0.15, 0.2) is 11.8 Å². The third-order valence-electron chi connectivity index (χ3n) is 3.48. The van der Waals surface area contributed by atoms with Crippen LogP contribution in [0.4, 0.5) is 4.79 Å². The number of guanidine groups is 1. The normalized spacial score (nSPS) is 18.4. The summed E-state index contributed by atoms with van der Waals surface area (Å²) >= 11 is 0. The Morgan fingerprint density at radius 1 is 1.48 bits per heavy atom. The van der Waals surface area contributed by atoms with Gasteiger partial charge in [-0.2, -0.15) is 4.98 Å². The third kappa shape index (κ3) is 6.24. The van der Waals surface area contributed by atoms with Crippen LogP contribution in [-0.2, 0) is 11.3 Å². The van der Waals surface area contributed by atoms with Gasteiger partial charge in [-0.05, 0) is 34.1 Å². The van der Waals surface area contributed by atoms with Gasteiger partial charge < -0.3 is 24.8 Å². The molecular weight excluding hydrogens is 324 g/mol. The minimum absolute atomic E-state index is 0.0334. The fourth-order valence-electron chi connectivity index (χ4n) is 2.52. The first-order valence-corrected chi connectivity index (χ1v) is 8.59. The molecule has 1 saturated heterocycles. The average Bonchev–Trinajstić information content (AvgIpc) is 3.10. The van der Waals surface area contributed by atoms with E-state index < -0.39 is 5.60 Å². The van der Waals surface area contributed by atoms with Gasteiger partial charge in [-0.15, -0.1) is 0 Å². The fraction of sp³-hybridized carbons (Fsp3) is 0.750. The van der Waals surface area contributed by atoms with Crippen LogP contribution in [0.15, 0.2) is 9.52 Å². The zero-order valence-electron chi connectivity index (χ0n) is 15.6. The van der Waals surface area contributed by atoms with Gasteiger partial charge in [-0.3, -0.25) is 0 Å². The number of hydrogen-bond donors (Lipinski definition) is 2.